The summed E-state index contributed by atoms with van der Waals surface area (Å²) in [5.74, 6) is 0. The Kier molecular flexibility index (Phi) is 3.37. The zero-order chi connectivity index (χ0) is 8.20. The molecule has 0 unspecified atom stereocenters. The largest absolute Gasteiger partial charge is 0.386 e. The summed E-state index contributed by atoms with van der Waals surface area (Å²) in [6, 6.07) is 0. The quantitative estimate of drug-likeness (QED) is 0.583. The summed E-state index contributed by atoms with van der Waals surface area (Å²) in [6.45, 7) is 7.42. The average Bonchev–Trinajstić information content (AvgIpc) is 1.80. The zero-order valence-corrected chi connectivity index (χ0v) is 7.18. The zero-order valence-electron chi connectivity index (χ0n) is 7.18. The first-order valence-electron chi connectivity index (χ1n) is 3.54. The molecule has 0 heterocycles. The number of hydrogen-bond acceptors (Lipinski definition) is 1. The molecule has 58 valence electrons. The van der Waals surface area contributed by atoms with E-state index in [-0.39, 0.29) is 0 Å². The van der Waals surface area contributed by atoms with Gasteiger partial charge in [-0.15, -0.1) is 0 Å². The molecule has 10 heavy (non-hydrogen) atoms. The Bertz CT molecular complexity index is 147. The van der Waals surface area contributed by atoms with E-state index in [0.717, 1.165) is 5.57 Å². The van der Waals surface area contributed by atoms with Gasteiger partial charge in [-0.25, -0.2) is 0 Å². The molecule has 0 fully saturated rings. The van der Waals surface area contributed by atoms with Gasteiger partial charge in [0, 0.05) is 0 Å². The fraction of sp³-hybridized carbons (Fsp3) is 0.556. The maximum Gasteiger partial charge on any atom is 0.0837 e. The lowest BCUT2D eigenvalue weighted by Crippen LogP contribution is -2.20. The summed E-state index contributed by atoms with van der Waals surface area (Å²) in [5.41, 5.74) is 0.247. The Balaban J connectivity index is 4.39. The Morgan fingerprint density at radius 1 is 1.30 bits per heavy atom. The highest BCUT2D eigenvalue weighted by Crippen LogP contribution is 2.15. The smallest absolute Gasteiger partial charge is 0.0837 e. The molecule has 0 radical (unpaired) electrons. The van der Waals surface area contributed by atoms with Crippen molar-refractivity contribution in [2.45, 2.75) is 33.3 Å². The molecule has 0 aliphatic carbocycles. The first kappa shape index (κ1) is 9.44. The van der Waals surface area contributed by atoms with Gasteiger partial charge in [-0.2, -0.15) is 0 Å². The maximum absolute atomic E-state index is 9.49. The van der Waals surface area contributed by atoms with E-state index < -0.39 is 5.60 Å². The molecule has 0 amide bonds. The first-order chi connectivity index (χ1) is 4.52. The highest BCUT2D eigenvalue weighted by Gasteiger charge is 2.14. The maximum atomic E-state index is 9.49. The standard InChI is InChI=1S/C9H16O/c1-5-7-8(6-2)9(3,4)10/h5-7,10H,1-4H3. The lowest BCUT2D eigenvalue weighted by Gasteiger charge is -2.18. The van der Waals surface area contributed by atoms with Crippen LogP contribution in [0.5, 0.6) is 0 Å². The van der Waals surface area contributed by atoms with Gasteiger partial charge in [0.25, 0.3) is 0 Å². The molecule has 1 nitrogen and oxygen atoms in total. The van der Waals surface area contributed by atoms with Crippen LogP contribution >= 0.6 is 0 Å². The van der Waals surface area contributed by atoms with Gasteiger partial charge in [0.15, 0.2) is 0 Å². The minimum Gasteiger partial charge on any atom is -0.386 e. The van der Waals surface area contributed by atoms with E-state index in [0.29, 0.717) is 0 Å². The van der Waals surface area contributed by atoms with Crippen molar-refractivity contribution < 1.29 is 5.11 Å². The van der Waals surface area contributed by atoms with Crippen LogP contribution in [0.15, 0.2) is 23.8 Å². The molecule has 0 atom stereocenters. The van der Waals surface area contributed by atoms with Crippen LogP contribution in [-0.2, 0) is 0 Å². The summed E-state index contributed by atoms with van der Waals surface area (Å²) < 4.78 is 0. The summed E-state index contributed by atoms with van der Waals surface area (Å²) >= 11 is 0. The second-order valence-electron chi connectivity index (χ2n) is 2.80. The molecule has 0 aromatic heterocycles. The van der Waals surface area contributed by atoms with E-state index in [9.17, 15) is 5.11 Å². The van der Waals surface area contributed by atoms with Gasteiger partial charge in [-0.05, 0) is 33.3 Å². The van der Waals surface area contributed by atoms with E-state index in [4.69, 9.17) is 0 Å². The second kappa shape index (κ2) is 3.57. The van der Waals surface area contributed by atoms with E-state index in [1.807, 2.05) is 32.1 Å². The average molecular weight is 140 g/mol. The molecule has 0 aliphatic heterocycles. The van der Waals surface area contributed by atoms with Crippen molar-refractivity contribution in [3.05, 3.63) is 23.8 Å². The first-order valence-corrected chi connectivity index (χ1v) is 3.54. The van der Waals surface area contributed by atoms with Gasteiger partial charge < -0.3 is 5.11 Å². The molecule has 1 heteroatoms. The lowest BCUT2D eigenvalue weighted by molar-refractivity contribution is 0.123. The van der Waals surface area contributed by atoms with Gasteiger partial charge in [-0.1, -0.05) is 18.2 Å². The summed E-state index contributed by atoms with van der Waals surface area (Å²) in [7, 11) is 0. The monoisotopic (exact) mass is 140 g/mol. The summed E-state index contributed by atoms with van der Waals surface area (Å²) in [5, 5.41) is 9.49. The molecule has 1 N–H and O–H groups in total. The molecule has 0 aliphatic rings. The van der Waals surface area contributed by atoms with Crippen molar-refractivity contribution in [3.8, 4) is 0 Å². The fourth-order valence-electron chi connectivity index (χ4n) is 0.833. The topological polar surface area (TPSA) is 20.2 Å². The molecule has 0 saturated heterocycles. The predicted octanol–water partition coefficient (Wildman–Crippen LogP) is 2.28. The van der Waals surface area contributed by atoms with E-state index in [1.54, 1.807) is 13.8 Å². The van der Waals surface area contributed by atoms with Crippen LogP contribution in [0.3, 0.4) is 0 Å². The van der Waals surface area contributed by atoms with E-state index >= 15 is 0 Å². The third kappa shape index (κ3) is 2.83. The summed E-state index contributed by atoms with van der Waals surface area (Å²) in [4.78, 5) is 0. The van der Waals surface area contributed by atoms with Crippen LogP contribution < -0.4 is 0 Å². The van der Waals surface area contributed by atoms with Gasteiger partial charge in [-0.3, -0.25) is 0 Å². The van der Waals surface area contributed by atoms with Crippen molar-refractivity contribution >= 4 is 0 Å². The molecular formula is C9H16O. The third-order valence-electron chi connectivity index (χ3n) is 1.36. The SMILES string of the molecule is CC=CC(=CC)C(C)(C)O. The van der Waals surface area contributed by atoms with Crippen molar-refractivity contribution in [1.29, 1.82) is 0 Å². The minimum atomic E-state index is -0.707. The third-order valence-corrected chi connectivity index (χ3v) is 1.36. The van der Waals surface area contributed by atoms with Crippen LogP contribution in [0.2, 0.25) is 0 Å². The van der Waals surface area contributed by atoms with Crippen LogP contribution in [0, 0.1) is 0 Å². The van der Waals surface area contributed by atoms with Crippen molar-refractivity contribution in [2.75, 3.05) is 0 Å². The van der Waals surface area contributed by atoms with E-state index in [2.05, 4.69) is 0 Å². The molecule has 0 bridgehead atoms. The second-order valence-corrected chi connectivity index (χ2v) is 2.80. The highest BCUT2D eigenvalue weighted by atomic mass is 16.3. The molecule has 0 aromatic carbocycles. The fourth-order valence-corrected chi connectivity index (χ4v) is 0.833. The Hall–Kier alpha value is -0.560. The molecule has 0 spiro atoms. The Morgan fingerprint density at radius 2 is 1.80 bits per heavy atom. The van der Waals surface area contributed by atoms with Crippen molar-refractivity contribution in [1.82, 2.24) is 0 Å². The van der Waals surface area contributed by atoms with Crippen LogP contribution in [-0.4, -0.2) is 10.7 Å². The molecular weight excluding hydrogens is 124 g/mol. The molecule has 0 aromatic rings. The molecule has 0 rings (SSSR count). The van der Waals surface area contributed by atoms with Crippen LogP contribution in [0.1, 0.15) is 27.7 Å². The van der Waals surface area contributed by atoms with Crippen LogP contribution in [0.25, 0.3) is 0 Å². The number of aliphatic hydroxyl groups is 1. The van der Waals surface area contributed by atoms with Gasteiger partial charge >= 0.3 is 0 Å². The number of allylic oxidation sites excluding steroid dienone is 2. The van der Waals surface area contributed by atoms with Gasteiger partial charge in [0.05, 0.1) is 5.60 Å². The highest BCUT2D eigenvalue weighted by molar-refractivity contribution is 5.25. The van der Waals surface area contributed by atoms with Crippen molar-refractivity contribution in [2.24, 2.45) is 0 Å². The van der Waals surface area contributed by atoms with Gasteiger partial charge in [0.1, 0.15) is 0 Å². The normalized spacial score (nSPS) is 14.7. The Labute approximate surface area is 63.1 Å². The van der Waals surface area contributed by atoms with Crippen LogP contribution in [0.4, 0.5) is 0 Å². The molecule has 0 saturated carbocycles. The van der Waals surface area contributed by atoms with E-state index in [1.165, 1.54) is 0 Å². The number of rotatable bonds is 2. The minimum absolute atomic E-state index is 0.707. The summed E-state index contributed by atoms with van der Waals surface area (Å²) in [6.07, 6.45) is 5.76. The number of hydrogen-bond donors (Lipinski definition) is 1. The Morgan fingerprint density at radius 3 is 1.90 bits per heavy atom. The lowest BCUT2D eigenvalue weighted by atomic mass is 9.98. The predicted molar refractivity (Wildman–Crippen MR) is 44.9 cm³/mol. The van der Waals surface area contributed by atoms with Gasteiger partial charge in [0.2, 0.25) is 0 Å². The van der Waals surface area contributed by atoms with Crippen molar-refractivity contribution in [3.63, 3.8) is 0 Å².